The van der Waals surface area contributed by atoms with Gasteiger partial charge in [0.25, 0.3) is 5.91 Å². The number of benzene rings is 2. The molecule has 156 valence electrons. The predicted molar refractivity (Wildman–Crippen MR) is 112 cm³/mol. The first kappa shape index (κ1) is 21.3. The zero-order valence-corrected chi connectivity index (χ0v) is 17.7. The summed E-state index contributed by atoms with van der Waals surface area (Å²) in [6.45, 7) is 3.23. The quantitative estimate of drug-likeness (QED) is 0.596. The van der Waals surface area contributed by atoms with E-state index in [4.69, 9.17) is 25.8 Å². The van der Waals surface area contributed by atoms with Crippen LogP contribution < -0.4 is 14.8 Å². The van der Waals surface area contributed by atoms with E-state index in [1.54, 1.807) is 24.3 Å². The van der Waals surface area contributed by atoms with Crippen molar-refractivity contribution >= 4 is 40.2 Å². The minimum Gasteiger partial charge on any atom is -0.495 e. The summed E-state index contributed by atoms with van der Waals surface area (Å²) in [5.74, 6) is -0.431. The van der Waals surface area contributed by atoms with E-state index in [0.29, 0.717) is 33.2 Å². The fourth-order valence-corrected chi connectivity index (χ4v) is 2.96. The maximum atomic E-state index is 12.3. The van der Waals surface area contributed by atoms with Crippen molar-refractivity contribution in [2.24, 2.45) is 0 Å². The topological polar surface area (TPSA) is 99.6 Å². The molecule has 3 rings (SSSR count). The molecule has 3 aromatic rings. The summed E-state index contributed by atoms with van der Waals surface area (Å²) in [4.78, 5) is 33.4. The number of anilines is 1. The maximum Gasteiger partial charge on any atom is 0.338 e. The number of amides is 1. The molecule has 8 nitrogen and oxygen atoms in total. The van der Waals surface area contributed by atoms with Crippen LogP contribution in [-0.2, 0) is 9.53 Å². The number of aromatic nitrogens is 2. The van der Waals surface area contributed by atoms with Crippen molar-refractivity contribution < 1.29 is 23.8 Å². The second-order valence-electron chi connectivity index (χ2n) is 6.41. The Morgan fingerprint density at radius 1 is 0.967 bits per heavy atom. The van der Waals surface area contributed by atoms with Crippen LogP contribution in [0.4, 0.5) is 5.69 Å². The first-order chi connectivity index (χ1) is 14.3. The van der Waals surface area contributed by atoms with E-state index in [1.807, 2.05) is 13.8 Å². The fraction of sp³-hybridized carbons (Fsp3) is 0.238. The zero-order chi connectivity index (χ0) is 21.8. The van der Waals surface area contributed by atoms with E-state index in [9.17, 15) is 9.59 Å². The molecule has 30 heavy (non-hydrogen) atoms. The van der Waals surface area contributed by atoms with E-state index in [2.05, 4.69) is 15.3 Å². The van der Waals surface area contributed by atoms with Gasteiger partial charge in [0, 0.05) is 6.07 Å². The number of halogens is 1. The van der Waals surface area contributed by atoms with Gasteiger partial charge < -0.3 is 19.5 Å². The predicted octanol–water partition coefficient (Wildman–Crippen LogP) is 3.71. The Morgan fingerprint density at radius 2 is 1.63 bits per heavy atom. The van der Waals surface area contributed by atoms with E-state index >= 15 is 0 Å². The molecule has 0 radical (unpaired) electrons. The normalized spacial score (nSPS) is 10.6. The van der Waals surface area contributed by atoms with Crippen LogP contribution >= 0.6 is 11.6 Å². The maximum absolute atomic E-state index is 12.3. The van der Waals surface area contributed by atoms with Crippen molar-refractivity contribution in [1.82, 2.24) is 9.97 Å². The summed E-state index contributed by atoms with van der Waals surface area (Å²) in [5, 5.41) is 2.90. The molecule has 0 fully saturated rings. The highest BCUT2D eigenvalue weighted by molar-refractivity contribution is 6.32. The minimum absolute atomic E-state index is 0.276. The molecule has 0 bridgehead atoms. The van der Waals surface area contributed by atoms with Crippen molar-refractivity contribution in [1.29, 1.82) is 0 Å². The van der Waals surface area contributed by atoms with Crippen LogP contribution in [-0.4, -0.2) is 42.7 Å². The molecule has 0 unspecified atom stereocenters. The number of nitrogens with one attached hydrogen (secondary N) is 1. The Hall–Kier alpha value is -3.39. The molecule has 0 aliphatic rings. The molecule has 0 atom stereocenters. The molecule has 1 heterocycles. The number of fused-ring (bicyclic) bond motifs is 1. The summed E-state index contributed by atoms with van der Waals surface area (Å²) in [5.41, 5.74) is 3.46. The van der Waals surface area contributed by atoms with Gasteiger partial charge in [-0.3, -0.25) is 4.79 Å². The molecular formula is C21H20ClN3O5. The highest BCUT2D eigenvalue weighted by Gasteiger charge is 2.15. The number of nitrogens with zero attached hydrogens (tertiary/aromatic N) is 2. The number of aryl methyl sites for hydroxylation is 2. The van der Waals surface area contributed by atoms with Gasteiger partial charge in [-0.05, 0) is 38.1 Å². The van der Waals surface area contributed by atoms with Crippen LogP contribution in [0.3, 0.4) is 0 Å². The SMILES string of the molecule is COc1cc(OC)c(NC(=O)COC(=O)c2ccc3nc(C)c(C)nc3c2)cc1Cl. The van der Waals surface area contributed by atoms with Gasteiger partial charge >= 0.3 is 5.97 Å². The molecule has 1 N–H and O–H groups in total. The molecule has 0 aliphatic carbocycles. The number of rotatable bonds is 6. The van der Waals surface area contributed by atoms with Gasteiger partial charge in [0.2, 0.25) is 0 Å². The lowest BCUT2D eigenvalue weighted by Gasteiger charge is -2.13. The molecular weight excluding hydrogens is 410 g/mol. The van der Waals surface area contributed by atoms with Crippen LogP contribution in [0.2, 0.25) is 5.02 Å². The third-order valence-corrected chi connectivity index (χ3v) is 4.69. The van der Waals surface area contributed by atoms with Crippen LogP contribution in [0.5, 0.6) is 11.5 Å². The summed E-state index contributed by atoms with van der Waals surface area (Å²) >= 11 is 6.09. The molecule has 2 aromatic carbocycles. The molecule has 1 aromatic heterocycles. The molecule has 0 saturated heterocycles. The number of esters is 1. The monoisotopic (exact) mass is 429 g/mol. The van der Waals surface area contributed by atoms with Gasteiger partial charge in [-0.15, -0.1) is 0 Å². The number of hydrogen-bond donors (Lipinski definition) is 1. The first-order valence-electron chi connectivity index (χ1n) is 8.96. The van der Waals surface area contributed by atoms with Crippen molar-refractivity contribution in [2.45, 2.75) is 13.8 Å². The van der Waals surface area contributed by atoms with Crippen LogP contribution in [0.1, 0.15) is 21.7 Å². The second kappa shape index (κ2) is 8.96. The lowest BCUT2D eigenvalue weighted by atomic mass is 10.2. The Morgan fingerprint density at radius 3 is 2.30 bits per heavy atom. The van der Waals surface area contributed by atoms with Gasteiger partial charge in [-0.25, -0.2) is 14.8 Å². The second-order valence-corrected chi connectivity index (χ2v) is 6.82. The third-order valence-electron chi connectivity index (χ3n) is 4.39. The molecule has 1 amide bonds. The molecule has 0 saturated carbocycles. The molecule has 0 spiro atoms. The summed E-state index contributed by atoms with van der Waals surface area (Å²) in [7, 11) is 2.92. The number of carbonyl (C=O) groups is 2. The minimum atomic E-state index is -0.646. The molecule has 9 heteroatoms. The van der Waals surface area contributed by atoms with Crippen LogP contribution in [0, 0.1) is 13.8 Å². The van der Waals surface area contributed by atoms with Crippen molar-refractivity contribution in [2.75, 3.05) is 26.1 Å². The average Bonchev–Trinajstić information content (AvgIpc) is 2.72. The smallest absolute Gasteiger partial charge is 0.338 e. The zero-order valence-electron chi connectivity index (χ0n) is 16.9. The number of hydrogen-bond acceptors (Lipinski definition) is 7. The first-order valence-corrected chi connectivity index (χ1v) is 9.33. The largest absolute Gasteiger partial charge is 0.495 e. The van der Waals surface area contributed by atoms with E-state index < -0.39 is 18.5 Å². The average molecular weight is 430 g/mol. The van der Waals surface area contributed by atoms with Gasteiger partial charge in [0.05, 0.1) is 52.9 Å². The fourth-order valence-electron chi connectivity index (χ4n) is 2.72. The van der Waals surface area contributed by atoms with Gasteiger partial charge in [-0.2, -0.15) is 0 Å². The van der Waals surface area contributed by atoms with E-state index in [-0.39, 0.29) is 5.56 Å². The summed E-state index contributed by atoms with van der Waals surface area (Å²) in [6, 6.07) is 7.89. The summed E-state index contributed by atoms with van der Waals surface area (Å²) in [6.07, 6.45) is 0. The lowest BCUT2D eigenvalue weighted by Crippen LogP contribution is -2.21. The Kier molecular flexibility index (Phi) is 6.37. The van der Waals surface area contributed by atoms with Crippen molar-refractivity contribution in [3.63, 3.8) is 0 Å². The lowest BCUT2D eigenvalue weighted by molar-refractivity contribution is -0.119. The Labute approximate surface area is 178 Å². The van der Waals surface area contributed by atoms with Crippen molar-refractivity contribution in [3.05, 3.63) is 52.3 Å². The number of carbonyl (C=O) groups excluding carboxylic acids is 2. The standard InChI is InChI=1S/C21H20ClN3O5/c1-11-12(2)24-16-7-13(5-6-15(16)23-11)21(27)30-10-20(26)25-17-8-14(22)18(28-3)9-19(17)29-4/h5-9H,10H2,1-4H3,(H,25,26). The Bertz CT molecular complexity index is 1130. The van der Waals surface area contributed by atoms with Gasteiger partial charge in [0.1, 0.15) is 11.5 Å². The number of ether oxygens (including phenoxy) is 3. The number of methoxy groups -OCH3 is 2. The van der Waals surface area contributed by atoms with Crippen LogP contribution in [0.25, 0.3) is 11.0 Å². The Balaban J connectivity index is 1.67. The van der Waals surface area contributed by atoms with Crippen LogP contribution in [0.15, 0.2) is 30.3 Å². The highest BCUT2D eigenvalue weighted by atomic mass is 35.5. The molecule has 0 aliphatic heterocycles. The van der Waals surface area contributed by atoms with Crippen molar-refractivity contribution in [3.8, 4) is 11.5 Å². The third kappa shape index (κ3) is 4.60. The highest BCUT2D eigenvalue weighted by Crippen LogP contribution is 2.35. The van der Waals surface area contributed by atoms with E-state index in [0.717, 1.165) is 11.4 Å². The summed E-state index contributed by atoms with van der Waals surface area (Å²) < 4.78 is 15.5. The van der Waals surface area contributed by atoms with Gasteiger partial charge in [0.15, 0.2) is 6.61 Å². The van der Waals surface area contributed by atoms with Gasteiger partial charge in [-0.1, -0.05) is 11.6 Å². The van der Waals surface area contributed by atoms with E-state index in [1.165, 1.54) is 20.3 Å².